The van der Waals surface area contributed by atoms with Crippen LogP contribution in [0.1, 0.15) is 46.0 Å². The number of benzene rings is 1. The van der Waals surface area contributed by atoms with Crippen molar-refractivity contribution in [3.05, 3.63) is 28.2 Å². The number of hydrogen-bond donors (Lipinski definition) is 2. The summed E-state index contributed by atoms with van der Waals surface area (Å²) in [7, 11) is 0. The molecule has 2 fully saturated rings. The van der Waals surface area contributed by atoms with Crippen LogP contribution < -0.4 is 15.5 Å². The summed E-state index contributed by atoms with van der Waals surface area (Å²) in [5.41, 5.74) is 1.04. The Morgan fingerprint density at radius 3 is 2.62 bits per heavy atom. The van der Waals surface area contributed by atoms with Gasteiger partial charge >= 0.3 is 6.03 Å². The Labute approximate surface area is 185 Å². The molecular formula is C22H34Cl2N4O. The first-order valence-corrected chi connectivity index (χ1v) is 11.7. The Morgan fingerprint density at radius 1 is 1.17 bits per heavy atom. The van der Waals surface area contributed by atoms with Gasteiger partial charge in [-0.05, 0) is 70.5 Å². The quantitative estimate of drug-likeness (QED) is 0.669. The first-order chi connectivity index (χ1) is 14.0. The van der Waals surface area contributed by atoms with E-state index >= 15 is 0 Å². The van der Waals surface area contributed by atoms with Gasteiger partial charge in [0.25, 0.3) is 0 Å². The number of urea groups is 1. The molecule has 1 atom stereocenters. The molecule has 1 saturated carbocycles. The van der Waals surface area contributed by atoms with Crippen LogP contribution in [0.15, 0.2) is 18.2 Å². The van der Waals surface area contributed by atoms with E-state index in [0.29, 0.717) is 28.7 Å². The molecule has 0 aromatic heterocycles. The number of nitrogens with one attached hydrogen (secondary N) is 2. The van der Waals surface area contributed by atoms with Crippen LogP contribution in [0.5, 0.6) is 0 Å². The topological polar surface area (TPSA) is 47.6 Å². The number of rotatable bonds is 6. The normalized spacial score (nSPS) is 25.7. The molecule has 2 N–H and O–H groups in total. The van der Waals surface area contributed by atoms with Gasteiger partial charge in [0.05, 0.1) is 15.7 Å². The number of nitrogens with zero attached hydrogens (tertiary/aromatic N) is 2. The molecule has 5 nitrogen and oxygen atoms in total. The fourth-order valence-corrected chi connectivity index (χ4v) is 5.04. The summed E-state index contributed by atoms with van der Waals surface area (Å²) in [6, 6.07) is 6.68. The van der Waals surface area contributed by atoms with E-state index < -0.39 is 0 Å². The average molecular weight is 441 g/mol. The van der Waals surface area contributed by atoms with Gasteiger partial charge in [-0.1, -0.05) is 29.3 Å². The van der Waals surface area contributed by atoms with Gasteiger partial charge < -0.3 is 15.5 Å². The minimum Gasteiger partial charge on any atom is -0.367 e. The standard InChI is InChI=1S/C22H34Cl2N4O/c1-3-25-22(29)26-18-9-7-17(8-10-18)11-12-27-13-14-28(15-16(27)2)20-6-4-5-19(23)21(20)24/h4-6,16-18H,3,7-15H2,1-2H3,(H2,25,26,29)/t16-,17-,18-/m1/s1. The van der Waals surface area contributed by atoms with Crippen molar-refractivity contribution >= 4 is 34.9 Å². The van der Waals surface area contributed by atoms with Crippen LogP contribution in [-0.4, -0.2) is 55.7 Å². The van der Waals surface area contributed by atoms with E-state index in [4.69, 9.17) is 23.2 Å². The first-order valence-electron chi connectivity index (χ1n) is 10.9. The van der Waals surface area contributed by atoms with Gasteiger partial charge in [-0.25, -0.2) is 4.79 Å². The fraction of sp³-hybridized carbons (Fsp3) is 0.682. The SMILES string of the molecule is CCNC(=O)N[C@H]1CC[C@H](CCN2CCN(c3cccc(Cl)c3Cl)C[C@H]2C)CC1. The van der Waals surface area contributed by atoms with E-state index in [-0.39, 0.29) is 6.03 Å². The lowest BCUT2D eigenvalue weighted by Crippen LogP contribution is -2.52. The molecule has 1 aliphatic heterocycles. The Bertz CT molecular complexity index is 679. The number of piperazine rings is 1. The fourth-order valence-electron chi connectivity index (χ4n) is 4.62. The zero-order valence-electron chi connectivity index (χ0n) is 17.6. The van der Waals surface area contributed by atoms with Gasteiger partial charge in [0, 0.05) is 38.3 Å². The predicted molar refractivity (Wildman–Crippen MR) is 122 cm³/mol. The average Bonchev–Trinajstić information content (AvgIpc) is 2.70. The Balaban J connectivity index is 1.40. The maximum atomic E-state index is 11.7. The highest BCUT2D eigenvalue weighted by atomic mass is 35.5. The third-order valence-corrected chi connectivity index (χ3v) is 7.19. The third-order valence-electron chi connectivity index (χ3n) is 6.38. The van der Waals surface area contributed by atoms with Gasteiger partial charge in [-0.2, -0.15) is 0 Å². The second-order valence-electron chi connectivity index (χ2n) is 8.41. The molecule has 1 aromatic carbocycles. The summed E-state index contributed by atoms with van der Waals surface area (Å²) in [6.07, 6.45) is 5.86. The van der Waals surface area contributed by atoms with Crippen LogP contribution in [0.2, 0.25) is 10.0 Å². The number of hydrogen-bond acceptors (Lipinski definition) is 3. The molecule has 0 unspecified atom stereocenters. The van der Waals surface area contributed by atoms with Gasteiger partial charge in [0.1, 0.15) is 0 Å². The van der Waals surface area contributed by atoms with Gasteiger partial charge in [-0.15, -0.1) is 0 Å². The van der Waals surface area contributed by atoms with E-state index in [1.807, 2.05) is 19.1 Å². The highest BCUT2D eigenvalue weighted by molar-refractivity contribution is 6.43. The monoisotopic (exact) mass is 440 g/mol. The van der Waals surface area contributed by atoms with Crippen LogP contribution in [0.3, 0.4) is 0 Å². The largest absolute Gasteiger partial charge is 0.367 e. The van der Waals surface area contributed by atoms with Crippen LogP contribution >= 0.6 is 23.2 Å². The van der Waals surface area contributed by atoms with Crippen LogP contribution in [-0.2, 0) is 0 Å². The summed E-state index contributed by atoms with van der Waals surface area (Å²) in [6.45, 7) is 9.08. The molecule has 162 valence electrons. The summed E-state index contributed by atoms with van der Waals surface area (Å²) in [5.74, 6) is 0.773. The molecular weight excluding hydrogens is 407 g/mol. The molecule has 1 heterocycles. The molecule has 2 amide bonds. The van der Waals surface area contributed by atoms with Gasteiger partial charge in [0.15, 0.2) is 0 Å². The van der Waals surface area contributed by atoms with E-state index in [0.717, 1.165) is 50.6 Å². The lowest BCUT2D eigenvalue weighted by molar-refractivity contribution is 0.164. The van der Waals surface area contributed by atoms with Crippen LogP contribution in [0.4, 0.5) is 10.5 Å². The molecule has 0 radical (unpaired) electrons. The number of carbonyl (C=O) groups is 1. The van der Waals surface area contributed by atoms with E-state index in [2.05, 4.69) is 33.4 Å². The highest BCUT2D eigenvalue weighted by Crippen LogP contribution is 2.34. The molecule has 1 saturated heterocycles. The summed E-state index contributed by atoms with van der Waals surface area (Å²) in [4.78, 5) is 16.6. The molecule has 2 aliphatic rings. The number of halogens is 2. The third kappa shape index (κ3) is 6.16. The number of anilines is 1. The van der Waals surface area contributed by atoms with Crippen molar-refractivity contribution in [2.45, 2.75) is 58.0 Å². The number of amides is 2. The van der Waals surface area contributed by atoms with Gasteiger partial charge in [0.2, 0.25) is 0 Å². The Morgan fingerprint density at radius 2 is 1.93 bits per heavy atom. The van der Waals surface area contributed by atoms with Crippen molar-refractivity contribution in [3.63, 3.8) is 0 Å². The van der Waals surface area contributed by atoms with Crippen molar-refractivity contribution in [3.8, 4) is 0 Å². The van der Waals surface area contributed by atoms with Crippen LogP contribution in [0.25, 0.3) is 0 Å². The Hall–Kier alpha value is -1.17. The maximum absolute atomic E-state index is 11.7. The predicted octanol–water partition coefficient (Wildman–Crippen LogP) is 4.77. The minimum absolute atomic E-state index is 0.0255. The number of carbonyl (C=O) groups excluding carboxylic acids is 1. The molecule has 0 spiro atoms. The highest BCUT2D eigenvalue weighted by Gasteiger charge is 2.27. The van der Waals surface area contributed by atoms with E-state index in [1.165, 1.54) is 19.3 Å². The van der Waals surface area contributed by atoms with Crippen molar-refractivity contribution in [2.75, 3.05) is 37.6 Å². The lowest BCUT2D eigenvalue weighted by atomic mass is 9.84. The molecule has 29 heavy (non-hydrogen) atoms. The zero-order valence-corrected chi connectivity index (χ0v) is 19.1. The van der Waals surface area contributed by atoms with Crippen LogP contribution in [0, 0.1) is 5.92 Å². The van der Waals surface area contributed by atoms with Crippen molar-refractivity contribution in [2.24, 2.45) is 5.92 Å². The lowest BCUT2D eigenvalue weighted by Gasteiger charge is -2.42. The Kier molecular flexibility index (Phi) is 8.34. The van der Waals surface area contributed by atoms with E-state index in [1.54, 1.807) is 0 Å². The maximum Gasteiger partial charge on any atom is 0.314 e. The summed E-state index contributed by atoms with van der Waals surface area (Å²) < 4.78 is 0. The second kappa shape index (κ2) is 10.7. The molecule has 3 rings (SSSR count). The molecule has 7 heteroatoms. The minimum atomic E-state index is -0.0255. The zero-order chi connectivity index (χ0) is 20.8. The van der Waals surface area contributed by atoms with E-state index in [9.17, 15) is 4.79 Å². The summed E-state index contributed by atoms with van der Waals surface area (Å²) in [5, 5.41) is 7.20. The van der Waals surface area contributed by atoms with Crippen molar-refractivity contribution < 1.29 is 4.79 Å². The molecule has 1 aromatic rings. The summed E-state index contributed by atoms with van der Waals surface area (Å²) >= 11 is 12.6. The van der Waals surface area contributed by atoms with Gasteiger partial charge in [-0.3, -0.25) is 4.90 Å². The molecule has 0 bridgehead atoms. The van der Waals surface area contributed by atoms with Crippen molar-refractivity contribution in [1.82, 2.24) is 15.5 Å². The second-order valence-corrected chi connectivity index (χ2v) is 9.20. The smallest absolute Gasteiger partial charge is 0.314 e. The first kappa shape index (κ1) is 22.5. The van der Waals surface area contributed by atoms with Crippen molar-refractivity contribution in [1.29, 1.82) is 0 Å². The molecule has 1 aliphatic carbocycles.